The van der Waals surface area contributed by atoms with Gasteiger partial charge in [0.1, 0.15) is 0 Å². The molecule has 3 aromatic heterocycles. The average molecular weight is 522 g/mol. The van der Waals surface area contributed by atoms with E-state index in [9.17, 15) is 4.79 Å². The van der Waals surface area contributed by atoms with Crippen molar-refractivity contribution in [2.24, 2.45) is 0 Å². The van der Waals surface area contributed by atoms with Gasteiger partial charge in [0.05, 0.1) is 17.7 Å². The summed E-state index contributed by atoms with van der Waals surface area (Å²) in [5.74, 6) is 1.17. The lowest BCUT2D eigenvalue weighted by Gasteiger charge is -2.11. The number of rotatable bonds is 8. The third-order valence-corrected chi connectivity index (χ3v) is 7.21. The summed E-state index contributed by atoms with van der Waals surface area (Å²) in [6.45, 7) is 2.02. The molecular formula is C25H20ClN5O2S2. The van der Waals surface area contributed by atoms with Gasteiger partial charge in [-0.2, -0.15) is 0 Å². The molecule has 0 fully saturated rings. The van der Waals surface area contributed by atoms with Gasteiger partial charge in [0.25, 0.3) is 0 Å². The summed E-state index contributed by atoms with van der Waals surface area (Å²) in [5, 5.41) is 13.4. The van der Waals surface area contributed by atoms with E-state index in [1.165, 1.54) is 23.1 Å². The van der Waals surface area contributed by atoms with Crippen LogP contribution in [0.3, 0.4) is 0 Å². The fraction of sp³-hybridized carbons (Fsp3) is 0.120. The molecule has 5 rings (SSSR count). The summed E-state index contributed by atoms with van der Waals surface area (Å²) in [7, 11) is 0. The number of amides is 1. The summed E-state index contributed by atoms with van der Waals surface area (Å²) in [4.78, 5) is 18.1. The van der Waals surface area contributed by atoms with E-state index >= 15 is 0 Å². The number of para-hydroxylation sites is 1. The number of thiazole rings is 1. The molecule has 3 heterocycles. The van der Waals surface area contributed by atoms with Gasteiger partial charge in [0.2, 0.25) is 11.7 Å². The van der Waals surface area contributed by atoms with Crippen molar-refractivity contribution in [3.05, 3.63) is 94.2 Å². The van der Waals surface area contributed by atoms with Gasteiger partial charge in [-0.3, -0.25) is 9.36 Å². The van der Waals surface area contributed by atoms with E-state index in [2.05, 4.69) is 20.5 Å². The first-order valence-electron chi connectivity index (χ1n) is 10.7. The number of halogens is 1. The second-order valence-electron chi connectivity index (χ2n) is 7.68. The standard InChI is InChI=1S/C25H20ClN5O2S2/c1-16-6-2-3-9-20(16)31-23(21-10-5-11-33-21)29-30-25(31)34-15-22(32)28-24-27-14-19(35-24)13-17-7-4-8-18(26)12-17/h2-12,14H,13,15H2,1H3,(H,27,28,32). The summed E-state index contributed by atoms with van der Waals surface area (Å²) in [6.07, 6.45) is 4.08. The summed E-state index contributed by atoms with van der Waals surface area (Å²) in [6, 6.07) is 19.3. The van der Waals surface area contributed by atoms with Crippen LogP contribution in [0, 0.1) is 6.92 Å². The Kier molecular flexibility index (Phi) is 6.98. The maximum atomic E-state index is 12.7. The molecule has 7 nitrogen and oxygen atoms in total. The Labute approximate surface area is 215 Å². The summed E-state index contributed by atoms with van der Waals surface area (Å²) < 4.78 is 7.48. The number of benzene rings is 2. The maximum absolute atomic E-state index is 12.7. The van der Waals surface area contributed by atoms with Crippen molar-refractivity contribution in [1.82, 2.24) is 19.7 Å². The van der Waals surface area contributed by atoms with E-state index in [1.807, 2.05) is 66.1 Å². The minimum absolute atomic E-state index is 0.158. The van der Waals surface area contributed by atoms with Gasteiger partial charge in [0.15, 0.2) is 16.0 Å². The Morgan fingerprint density at radius 2 is 2.03 bits per heavy atom. The lowest BCUT2D eigenvalue weighted by atomic mass is 10.1. The average Bonchev–Trinajstić information content (AvgIpc) is 3.59. The Bertz CT molecular complexity index is 1460. The predicted molar refractivity (Wildman–Crippen MR) is 140 cm³/mol. The molecule has 0 aliphatic rings. The quantitative estimate of drug-likeness (QED) is 0.242. The molecule has 0 bridgehead atoms. The van der Waals surface area contributed by atoms with Crippen LogP contribution in [-0.2, 0) is 11.2 Å². The largest absolute Gasteiger partial charge is 0.461 e. The molecule has 5 aromatic rings. The molecule has 0 saturated heterocycles. The van der Waals surface area contributed by atoms with Crippen molar-refractivity contribution in [1.29, 1.82) is 0 Å². The molecule has 2 aromatic carbocycles. The van der Waals surface area contributed by atoms with Crippen molar-refractivity contribution in [2.45, 2.75) is 18.5 Å². The van der Waals surface area contributed by atoms with Crippen LogP contribution < -0.4 is 5.32 Å². The number of hydrogen-bond donors (Lipinski definition) is 1. The number of thioether (sulfide) groups is 1. The number of nitrogens with one attached hydrogen (secondary N) is 1. The zero-order valence-corrected chi connectivity index (χ0v) is 21.0. The number of anilines is 1. The summed E-state index contributed by atoms with van der Waals surface area (Å²) in [5.41, 5.74) is 3.08. The number of carbonyl (C=O) groups excluding carboxylic acids is 1. The van der Waals surface area contributed by atoms with E-state index in [-0.39, 0.29) is 11.7 Å². The van der Waals surface area contributed by atoms with Gasteiger partial charge >= 0.3 is 0 Å². The summed E-state index contributed by atoms with van der Waals surface area (Å²) >= 11 is 8.82. The van der Waals surface area contributed by atoms with Crippen LogP contribution in [0.2, 0.25) is 5.02 Å². The maximum Gasteiger partial charge on any atom is 0.236 e. The Morgan fingerprint density at radius 3 is 2.83 bits per heavy atom. The lowest BCUT2D eigenvalue weighted by Crippen LogP contribution is -2.14. The van der Waals surface area contributed by atoms with Crippen LogP contribution in [0.4, 0.5) is 5.13 Å². The van der Waals surface area contributed by atoms with Gasteiger partial charge in [-0.05, 0) is 48.4 Å². The van der Waals surface area contributed by atoms with E-state index in [4.69, 9.17) is 16.0 Å². The van der Waals surface area contributed by atoms with Crippen LogP contribution >= 0.6 is 34.7 Å². The third-order valence-electron chi connectivity index (χ3n) is 5.13. The molecule has 35 heavy (non-hydrogen) atoms. The van der Waals surface area contributed by atoms with Crippen LogP contribution in [-0.4, -0.2) is 31.4 Å². The lowest BCUT2D eigenvalue weighted by molar-refractivity contribution is -0.113. The minimum Gasteiger partial charge on any atom is -0.461 e. The Hall–Kier alpha value is -3.40. The zero-order valence-electron chi connectivity index (χ0n) is 18.6. The molecule has 0 aliphatic carbocycles. The van der Waals surface area contributed by atoms with E-state index in [1.54, 1.807) is 18.5 Å². The van der Waals surface area contributed by atoms with Gasteiger partial charge in [-0.1, -0.05) is 53.7 Å². The highest BCUT2D eigenvalue weighted by Crippen LogP contribution is 2.30. The zero-order chi connectivity index (χ0) is 24.2. The fourth-order valence-electron chi connectivity index (χ4n) is 3.54. The molecule has 176 valence electrons. The van der Waals surface area contributed by atoms with Crippen molar-refractivity contribution in [2.75, 3.05) is 11.1 Å². The highest BCUT2D eigenvalue weighted by atomic mass is 35.5. The van der Waals surface area contributed by atoms with Crippen molar-refractivity contribution >= 4 is 45.7 Å². The molecular weight excluding hydrogens is 502 g/mol. The van der Waals surface area contributed by atoms with Crippen molar-refractivity contribution < 1.29 is 9.21 Å². The number of aromatic nitrogens is 4. The van der Waals surface area contributed by atoms with Crippen LogP contribution in [0.15, 0.2) is 82.7 Å². The second-order valence-corrected chi connectivity index (χ2v) is 10.2. The van der Waals surface area contributed by atoms with Gasteiger partial charge in [0, 0.05) is 22.5 Å². The van der Waals surface area contributed by atoms with Crippen LogP contribution in [0.1, 0.15) is 16.0 Å². The van der Waals surface area contributed by atoms with Gasteiger partial charge in [-0.25, -0.2) is 4.98 Å². The molecule has 0 atom stereocenters. The van der Waals surface area contributed by atoms with Gasteiger partial charge < -0.3 is 9.73 Å². The smallest absolute Gasteiger partial charge is 0.236 e. The first kappa shape index (κ1) is 23.3. The Balaban J connectivity index is 1.28. The molecule has 1 N–H and O–H groups in total. The van der Waals surface area contributed by atoms with E-state index < -0.39 is 0 Å². The highest BCUT2D eigenvalue weighted by Gasteiger charge is 2.20. The normalized spacial score (nSPS) is 11.0. The topological polar surface area (TPSA) is 85.8 Å². The number of carbonyl (C=O) groups is 1. The van der Waals surface area contributed by atoms with Crippen LogP contribution in [0.25, 0.3) is 17.3 Å². The van der Waals surface area contributed by atoms with E-state index in [0.717, 1.165) is 21.7 Å². The SMILES string of the molecule is Cc1ccccc1-n1c(SCC(=O)Nc2ncc(Cc3cccc(Cl)c3)s2)nnc1-c1ccco1. The predicted octanol–water partition coefficient (Wildman–Crippen LogP) is 6.27. The number of aryl methyl sites for hydroxylation is 1. The first-order chi connectivity index (χ1) is 17.1. The van der Waals surface area contributed by atoms with Gasteiger partial charge in [-0.15, -0.1) is 21.5 Å². The molecule has 10 heteroatoms. The highest BCUT2D eigenvalue weighted by molar-refractivity contribution is 7.99. The number of hydrogen-bond acceptors (Lipinski definition) is 7. The van der Waals surface area contributed by atoms with Crippen LogP contribution in [0.5, 0.6) is 0 Å². The molecule has 1 amide bonds. The molecule has 0 aliphatic heterocycles. The third kappa shape index (κ3) is 5.48. The monoisotopic (exact) mass is 521 g/mol. The molecule has 0 radical (unpaired) electrons. The van der Waals surface area contributed by atoms with E-state index in [0.29, 0.717) is 33.3 Å². The Morgan fingerprint density at radius 1 is 1.14 bits per heavy atom. The number of nitrogens with zero attached hydrogens (tertiary/aromatic N) is 4. The molecule has 0 spiro atoms. The molecule has 0 saturated carbocycles. The minimum atomic E-state index is -0.169. The van der Waals surface area contributed by atoms with Crippen molar-refractivity contribution in [3.8, 4) is 17.3 Å². The number of furan rings is 1. The molecule has 0 unspecified atom stereocenters. The first-order valence-corrected chi connectivity index (χ1v) is 12.9. The fourth-order valence-corrected chi connectivity index (χ4v) is 5.36. The second kappa shape index (κ2) is 10.5. The van der Waals surface area contributed by atoms with Crippen molar-refractivity contribution in [3.63, 3.8) is 0 Å².